The van der Waals surface area contributed by atoms with Crippen LogP contribution in [0.3, 0.4) is 0 Å². The zero-order valence-electron chi connectivity index (χ0n) is 14.2. The minimum absolute atomic E-state index is 0.0790. The maximum absolute atomic E-state index is 13.1. The van der Waals surface area contributed by atoms with E-state index in [9.17, 15) is 13.2 Å². The highest BCUT2D eigenvalue weighted by Gasteiger charge is 2.29. The van der Waals surface area contributed by atoms with E-state index in [1.807, 2.05) is 0 Å². The van der Waals surface area contributed by atoms with Crippen LogP contribution in [-0.4, -0.2) is 25.9 Å². The lowest BCUT2D eigenvalue weighted by Crippen LogP contribution is -2.32. The topological polar surface area (TPSA) is 76.1 Å². The first-order chi connectivity index (χ1) is 13.0. The van der Waals surface area contributed by atoms with Crippen LogP contribution in [0, 0.1) is 0 Å². The third-order valence-electron chi connectivity index (χ3n) is 4.06. The molecule has 0 spiro atoms. The molecular weight excluding hydrogens is 384 g/mol. The first-order valence-corrected chi connectivity index (χ1v) is 10.1. The number of carbonyl (C=O) groups excluding carboxylic acids is 1. The van der Waals surface area contributed by atoms with Crippen LogP contribution < -0.4 is 5.32 Å². The zero-order chi connectivity index (χ0) is 19.3. The van der Waals surface area contributed by atoms with Gasteiger partial charge in [0.05, 0.1) is 4.90 Å². The predicted molar refractivity (Wildman–Crippen MR) is 104 cm³/mol. The maximum Gasteiger partial charge on any atom is 0.251 e. The third-order valence-corrected chi connectivity index (χ3v) is 6.43. The molecule has 0 aliphatic carbocycles. The molecule has 0 radical (unpaired) electrons. The van der Waals surface area contributed by atoms with E-state index in [0.29, 0.717) is 16.1 Å². The molecule has 3 aromatic rings. The van der Waals surface area contributed by atoms with Crippen molar-refractivity contribution < 1.29 is 13.2 Å². The lowest BCUT2D eigenvalue weighted by atomic mass is 10.2. The summed E-state index contributed by atoms with van der Waals surface area (Å²) in [6, 6.07) is 17.9. The number of rotatable bonds is 6. The average Bonchev–Trinajstić information content (AvgIpc) is 2.70. The van der Waals surface area contributed by atoms with E-state index in [1.54, 1.807) is 72.9 Å². The number of nitrogens with zero attached hydrogens (tertiary/aromatic N) is 1. The van der Waals surface area contributed by atoms with Crippen LogP contribution >= 0.6 is 11.6 Å². The number of carbonyl (C=O) groups is 1. The predicted octanol–water partition coefficient (Wildman–Crippen LogP) is 3.68. The number of sulfone groups is 1. The van der Waals surface area contributed by atoms with Crippen LogP contribution in [0.25, 0.3) is 0 Å². The van der Waals surface area contributed by atoms with E-state index in [4.69, 9.17) is 11.6 Å². The number of pyridine rings is 1. The van der Waals surface area contributed by atoms with Gasteiger partial charge in [-0.1, -0.05) is 35.9 Å². The Morgan fingerprint density at radius 3 is 2.33 bits per heavy atom. The molecule has 1 amide bonds. The minimum Gasteiger partial charge on any atom is -0.350 e. The lowest BCUT2D eigenvalue weighted by Gasteiger charge is -2.19. The Hall–Kier alpha value is -2.70. The van der Waals surface area contributed by atoms with E-state index >= 15 is 0 Å². The lowest BCUT2D eigenvalue weighted by molar-refractivity contribution is 0.0953. The van der Waals surface area contributed by atoms with Crippen molar-refractivity contribution in [2.24, 2.45) is 0 Å². The summed E-state index contributed by atoms with van der Waals surface area (Å²) in [7, 11) is -3.71. The summed E-state index contributed by atoms with van der Waals surface area (Å²) in [5.41, 5.74) is 0.916. The zero-order valence-corrected chi connectivity index (χ0v) is 15.8. The summed E-state index contributed by atoms with van der Waals surface area (Å²) in [5, 5.41) is 2.27. The van der Waals surface area contributed by atoms with E-state index < -0.39 is 15.1 Å². The second-order valence-electron chi connectivity index (χ2n) is 5.85. The minimum atomic E-state index is -3.71. The van der Waals surface area contributed by atoms with E-state index in [1.165, 1.54) is 6.20 Å². The maximum atomic E-state index is 13.1. The molecule has 0 aliphatic rings. The summed E-state index contributed by atoms with van der Waals surface area (Å²) >= 11 is 5.83. The van der Waals surface area contributed by atoms with E-state index in [-0.39, 0.29) is 17.3 Å². The molecule has 5 nitrogen and oxygen atoms in total. The molecule has 1 N–H and O–H groups in total. The number of nitrogens with one attached hydrogen (secondary N) is 1. The van der Waals surface area contributed by atoms with Gasteiger partial charge in [0.1, 0.15) is 5.25 Å². The molecule has 0 fully saturated rings. The SMILES string of the molecule is O=C(NC[C@H](c1cccnc1)S(=O)(=O)c1ccccc1)c1ccc(Cl)cc1. The molecule has 138 valence electrons. The van der Waals surface area contributed by atoms with Gasteiger partial charge in [0.15, 0.2) is 9.84 Å². The number of halogens is 1. The molecule has 0 saturated heterocycles. The first kappa shape index (κ1) is 19.1. The van der Waals surface area contributed by atoms with Gasteiger partial charge in [-0.15, -0.1) is 0 Å². The Kier molecular flexibility index (Phi) is 5.88. The molecule has 1 aromatic heterocycles. The number of hydrogen-bond donors (Lipinski definition) is 1. The Bertz CT molecular complexity index is 1010. The normalized spacial score (nSPS) is 12.3. The molecule has 0 unspecified atom stereocenters. The molecule has 1 atom stereocenters. The van der Waals surface area contributed by atoms with Crippen LogP contribution in [0.4, 0.5) is 0 Å². The van der Waals surface area contributed by atoms with Crippen molar-refractivity contribution in [2.75, 3.05) is 6.54 Å². The molecule has 0 aliphatic heterocycles. The Labute approximate surface area is 163 Å². The highest BCUT2D eigenvalue weighted by molar-refractivity contribution is 7.91. The fourth-order valence-electron chi connectivity index (χ4n) is 2.64. The molecule has 0 bridgehead atoms. The number of benzene rings is 2. The molecule has 3 rings (SSSR count). The van der Waals surface area contributed by atoms with Gasteiger partial charge in [-0.25, -0.2) is 8.42 Å². The quantitative estimate of drug-likeness (QED) is 0.684. The molecule has 0 saturated carbocycles. The largest absolute Gasteiger partial charge is 0.350 e. The van der Waals surface area contributed by atoms with Crippen LogP contribution in [-0.2, 0) is 9.84 Å². The van der Waals surface area contributed by atoms with Crippen LogP contribution in [0.15, 0.2) is 84.0 Å². The summed E-state index contributed by atoms with van der Waals surface area (Å²) < 4.78 is 26.3. The van der Waals surface area contributed by atoms with E-state index in [2.05, 4.69) is 10.3 Å². The summed E-state index contributed by atoms with van der Waals surface area (Å²) in [6.07, 6.45) is 3.07. The number of amides is 1. The van der Waals surface area contributed by atoms with Crippen molar-refractivity contribution in [1.29, 1.82) is 0 Å². The molecular formula is C20H17ClN2O3S. The van der Waals surface area contributed by atoms with Crippen LogP contribution in [0.2, 0.25) is 5.02 Å². The fraction of sp³-hybridized carbons (Fsp3) is 0.100. The van der Waals surface area contributed by atoms with Gasteiger partial charge >= 0.3 is 0 Å². The highest BCUT2D eigenvalue weighted by Crippen LogP contribution is 2.28. The first-order valence-electron chi connectivity index (χ1n) is 8.21. The van der Waals surface area contributed by atoms with Gasteiger partial charge in [0.25, 0.3) is 5.91 Å². The third kappa shape index (κ3) is 4.53. The van der Waals surface area contributed by atoms with Crippen LogP contribution in [0.5, 0.6) is 0 Å². The van der Waals surface area contributed by atoms with Gasteiger partial charge in [-0.3, -0.25) is 9.78 Å². The van der Waals surface area contributed by atoms with Crippen molar-refractivity contribution in [2.45, 2.75) is 10.1 Å². The molecule has 1 heterocycles. The molecule has 7 heteroatoms. The van der Waals surface area contributed by atoms with Gasteiger partial charge in [-0.05, 0) is 48.0 Å². The highest BCUT2D eigenvalue weighted by atomic mass is 35.5. The Balaban J connectivity index is 1.87. The van der Waals surface area contributed by atoms with Gasteiger partial charge in [0.2, 0.25) is 0 Å². The smallest absolute Gasteiger partial charge is 0.251 e. The van der Waals surface area contributed by atoms with Crippen molar-refractivity contribution in [3.05, 3.63) is 95.3 Å². The second kappa shape index (κ2) is 8.33. The average molecular weight is 401 g/mol. The summed E-state index contributed by atoms with van der Waals surface area (Å²) in [5.74, 6) is -0.371. The Morgan fingerprint density at radius 1 is 1.00 bits per heavy atom. The monoisotopic (exact) mass is 400 g/mol. The number of aromatic nitrogens is 1. The van der Waals surface area contributed by atoms with Crippen LogP contribution in [0.1, 0.15) is 21.2 Å². The van der Waals surface area contributed by atoms with Crippen molar-refractivity contribution >= 4 is 27.3 Å². The molecule has 27 heavy (non-hydrogen) atoms. The number of hydrogen-bond acceptors (Lipinski definition) is 4. The summed E-state index contributed by atoms with van der Waals surface area (Å²) in [6.45, 7) is -0.0790. The second-order valence-corrected chi connectivity index (χ2v) is 8.42. The van der Waals surface area contributed by atoms with Gasteiger partial charge < -0.3 is 5.32 Å². The van der Waals surface area contributed by atoms with Gasteiger partial charge in [0, 0.05) is 29.5 Å². The standard InChI is InChI=1S/C20H17ClN2O3S/c21-17-10-8-15(9-11-17)20(24)23-14-19(16-5-4-12-22-13-16)27(25,26)18-6-2-1-3-7-18/h1-13,19H,14H2,(H,23,24)/t19-/m1/s1. The van der Waals surface area contributed by atoms with E-state index in [0.717, 1.165) is 0 Å². The Morgan fingerprint density at radius 2 is 1.70 bits per heavy atom. The summed E-state index contributed by atoms with van der Waals surface area (Å²) in [4.78, 5) is 16.6. The van der Waals surface area contributed by atoms with Crippen molar-refractivity contribution in [3.8, 4) is 0 Å². The van der Waals surface area contributed by atoms with Crippen molar-refractivity contribution in [1.82, 2.24) is 10.3 Å². The molecule has 2 aromatic carbocycles. The fourth-order valence-corrected chi connectivity index (χ4v) is 4.43. The van der Waals surface area contributed by atoms with Crippen molar-refractivity contribution in [3.63, 3.8) is 0 Å². The van der Waals surface area contributed by atoms with Gasteiger partial charge in [-0.2, -0.15) is 0 Å².